The fourth-order valence-corrected chi connectivity index (χ4v) is 3.75. The maximum atomic E-state index is 13.5. The Morgan fingerprint density at radius 3 is 2.20 bits per heavy atom. The Morgan fingerprint density at radius 2 is 1.66 bits per heavy atom. The van der Waals surface area contributed by atoms with E-state index in [9.17, 15) is 30.7 Å². The quantitative estimate of drug-likeness (QED) is 0.489. The van der Waals surface area contributed by atoms with E-state index in [2.05, 4.69) is 20.6 Å². The van der Waals surface area contributed by atoms with Gasteiger partial charge in [0.15, 0.2) is 6.29 Å². The summed E-state index contributed by atoms with van der Waals surface area (Å²) >= 11 is 0. The summed E-state index contributed by atoms with van der Waals surface area (Å²) < 4.78 is 105. The van der Waals surface area contributed by atoms with E-state index < -0.39 is 47.7 Å². The van der Waals surface area contributed by atoms with Gasteiger partial charge in [0, 0.05) is 6.54 Å². The normalized spacial score (nSPS) is 20.2. The highest BCUT2D eigenvalue weighted by Gasteiger charge is 2.40. The number of benzene rings is 2. The summed E-state index contributed by atoms with van der Waals surface area (Å²) in [6, 6.07) is 5.75. The minimum Gasteiger partial charge on any atom is -0.348 e. The molecule has 3 aromatic rings. The SMILES string of the molecule is C[C@@H](OC1OCCN(c2nn[nH]n2)C1c1ccc(F)cc1)c1cc(C(F)(F)F)cc(C(F)(F)F)c1. The number of H-pyrrole nitrogens is 1. The van der Waals surface area contributed by atoms with Gasteiger partial charge in [-0.05, 0) is 53.6 Å². The van der Waals surface area contributed by atoms with Crippen LogP contribution in [0.4, 0.5) is 36.7 Å². The number of nitrogens with zero attached hydrogens (tertiary/aromatic N) is 4. The molecular formula is C21H18F7N5O2. The molecule has 0 spiro atoms. The Kier molecular flexibility index (Phi) is 6.68. The number of tetrazole rings is 1. The van der Waals surface area contributed by atoms with Crippen molar-refractivity contribution in [1.29, 1.82) is 0 Å². The second kappa shape index (κ2) is 9.41. The minimum absolute atomic E-state index is 0.0482. The largest absolute Gasteiger partial charge is 0.416 e. The van der Waals surface area contributed by atoms with Gasteiger partial charge in [0.25, 0.3) is 5.95 Å². The van der Waals surface area contributed by atoms with E-state index >= 15 is 0 Å². The maximum Gasteiger partial charge on any atom is 0.416 e. The zero-order valence-electron chi connectivity index (χ0n) is 17.9. The second-order valence-corrected chi connectivity index (χ2v) is 7.76. The molecule has 4 rings (SSSR count). The number of aromatic amines is 1. The number of hydrogen-bond donors (Lipinski definition) is 1. The Bertz CT molecular complexity index is 1100. The van der Waals surface area contributed by atoms with Gasteiger partial charge in [0.2, 0.25) is 0 Å². The van der Waals surface area contributed by atoms with Gasteiger partial charge in [-0.15, -0.1) is 5.10 Å². The molecule has 2 aromatic carbocycles. The molecule has 1 aliphatic rings. The van der Waals surface area contributed by atoms with Crippen LogP contribution in [0.3, 0.4) is 0 Å². The lowest BCUT2D eigenvalue weighted by molar-refractivity contribution is -0.192. The van der Waals surface area contributed by atoms with Crippen LogP contribution in [0.1, 0.15) is 41.3 Å². The molecule has 0 aliphatic carbocycles. The van der Waals surface area contributed by atoms with Crippen LogP contribution in [-0.4, -0.2) is 40.1 Å². The van der Waals surface area contributed by atoms with Gasteiger partial charge in [-0.2, -0.15) is 31.6 Å². The summed E-state index contributed by atoms with van der Waals surface area (Å²) in [6.07, 6.45) is -12.4. The summed E-state index contributed by atoms with van der Waals surface area (Å²) in [5.41, 5.74) is -2.75. The predicted molar refractivity (Wildman–Crippen MR) is 106 cm³/mol. The number of nitrogens with one attached hydrogen (secondary N) is 1. The second-order valence-electron chi connectivity index (χ2n) is 7.76. The highest BCUT2D eigenvalue weighted by Crippen LogP contribution is 2.40. The molecule has 0 bridgehead atoms. The van der Waals surface area contributed by atoms with Crippen molar-refractivity contribution < 1.29 is 40.2 Å². The van der Waals surface area contributed by atoms with Gasteiger partial charge in [-0.25, -0.2) is 4.39 Å². The fraction of sp³-hybridized carbons (Fsp3) is 0.381. The standard InChI is InChI=1S/C21H18F7N5O2/c1-11(13-8-14(20(23,24)25)10-15(9-13)21(26,27)28)35-18-17(12-2-4-16(22)5-3-12)33(6-7-34-18)19-29-31-32-30-19/h2-5,8-11,17-18H,6-7H2,1H3,(H,29,30,31,32)/t11-,17?,18?/m1/s1. The number of rotatable bonds is 5. The van der Waals surface area contributed by atoms with E-state index in [0.29, 0.717) is 17.7 Å². The summed E-state index contributed by atoms with van der Waals surface area (Å²) in [7, 11) is 0. The van der Waals surface area contributed by atoms with Gasteiger partial charge in [-0.1, -0.05) is 17.2 Å². The first-order valence-electron chi connectivity index (χ1n) is 10.3. The molecule has 3 atom stereocenters. The summed E-state index contributed by atoms with van der Waals surface area (Å²) in [4.78, 5) is 1.63. The van der Waals surface area contributed by atoms with Gasteiger partial charge >= 0.3 is 12.4 Å². The summed E-state index contributed by atoms with van der Waals surface area (Å²) in [5, 5.41) is 13.7. The third kappa shape index (κ3) is 5.53. The zero-order valence-corrected chi connectivity index (χ0v) is 17.9. The lowest BCUT2D eigenvalue weighted by atomic mass is 10.0. The first kappa shape index (κ1) is 24.9. The van der Waals surface area contributed by atoms with Crippen LogP contribution in [0.25, 0.3) is 0 Å². The van der Waals surface area contributed by atoms with E-state index in [-0.39, 0.29) is 30.7 Å². The lowest BCUT2D eigenvalue weighted by Gasteiger charge is -2.41. The highest BCUT2D eigenvalue weighted by molar-refractivity contribution is 5.37. The van der Waals surface area contributed by atoms with Crippen LogP contribution >= 0.6 is 0 Å². The third-order valence-electron chi connectivity index (χ3n) is 5.43. The summed E-state index contributed by atoms with van der Waals surface area (Å²) in [5.74, 6) is -0.353. The molecule has 14 heteroatoms. The van der Waals surface area contributed by atoms with E-state index in [4.69, 9.17) is 9.47 Å². The Morgan fingerprint density at radius 1 is 1.03 bits per heavy atom. The Labute approximate surface area is 193 Å². The van der Waals surface area contributed by atoms with E-state index in [1.165, 1.54) is 31.2 Å². The first-order chi connectivity index (χ1) is 16.4. The number of ether oxygens (including phenoxy) is 2. The number of aromatic nitrogens is 4. The van der Waals surface area contributed by atoms with Crippen molar-refractivity contribution in [3.05, 3.63) is 70.5 Å². The summed E-state index contributed by atoms with van der Waals surface area (Å²) in [6.45, 7) is 1.66. The van der Waals surface area contributed by atoms with E-state index in [1.54, 1.807) is 4.90 Å². The first-order valence-corrected chi connectivity index (χ1v) is 10.3. The van der Waals surface area contributed by atoms with Crippen LogP contribution in [-0.2, 0) is 21.8 Å². The van der Waals surface area contributed by atoms with Crippen molar-refractivity contribution in [3.8, 4) is 0 Å². The fourth-order valence-electron chi connectivity index (χ4n) is 3.75. The number of halogens is 7. The predicted octanol–water partition coefficient (Wildman–Crippen LogP) is 5.06. The lowest BCUT2D eigenvalue weighted by Crippen LogP contribution is -2.47. The highest BCUT2D eigenvalue weighted by atomic mass is 19.4. The number of morpholine rings is 1. The third-order valence-corrected chi connectivity index (χ3v) is 5.43. The van der Waals surface area contributed by atoms with Crippen LogP contribution in [0, 0.1) is 5.82 Å². The van der Waals surface area contributed by atoms with E-state index in [0.717, 1.165) is 0 Å². The average molecular weight is 505 g/mol. The molecule has 1 saturated heterocycles. The molecule has 0 amide bonds. The van der Waals surface area contributed by atoms with Crippen LogP contribution < -0.4 is 4.90 Å². The van der Waals surface area contributed by atoms with Crippen LogP contribution in [0.5, 0.6) is 0 Å². The Hall–Kier alpha value is -3.26. The van der Waals surface area contributed by atoms with Crippen molar-refractivity contribution in [2.45, 2.75) is 37.7 Å². The molecular weight excluding hydrogens is 487 g/mol. The number of alkyl halides is 6. The monoisotopic (exact) mass is 505 g/mol. The van der Waals surface area contributed by atoms with Crippen LogP contribution in [0.2, 0.25) is 0 Å². The smallest absolute Gasteiger partial charge is 0.348 e. The van der Waals surface area contributed by atoms with Crippen molar-refractivity contribution in [1.82, 2.24) is 20.6 Å². The van der Waals surface area contributed by atoms with Crippen molar-refractivity contribution in [3.63, 3.8) is 0 Å². The van der Waals surface area contributed by atoms with Gasteiger partial charge in [0.05, 0.1) is 23.8 Å². The van der Waals surface area contributed by atoms with Gasteiger partial charge < -0.3 is 14.4 Å². The van der Waals surface area contributed by atoms with E-state index in [1.807, 2.05) is 0 Å². The number of hydrogen-bond acceptors (Lipinski definition) is 6. The van der Waals surface area contributed by atoms with Crippen molar-refractivity contribution in [2.24, 2.45) is 0 Å². The Balaban J connectivity index is 1.69. The topological polar surface area (TPSA) is 76.2 Å². The average Bonchev–Trinajstić information content (AvgIpc) is 3.33. The molecule has 2 unspecified atom stereocenters. The number of anilines is 1. The van der Waals surface area contributed by atoms with Gasteiger partial charge in [0.1, 0.15) is 11.9 Å². The maximum absolute atomic E-state index is 13.5. The molecule has 1 N–H and O–H groups in total. The molecule has 0 saturated carbocycles. The molecule has 1 aliphatic heterocycles. The van der Waals surface area contributed by atoms with Crippen molar-refractivity contribution in [2.75, 3.05) is 18.1 Å². The minimum atomic E-state index is -5.00. The van der Waals surface area contributed by atoms with Crippen molar-refractivity contribution >= 4 is 5.95 Å². The molecule has 1 fully saturated rings. The molecule has 1 aromatic heterocycles. The molecule has 35 heavy (non-hydrogen) atoms. The molecule has 7 nitrogen and oxygen atoms in total. The molecule has 0 radical (unpaired) electrons. The zero-order chi connectivity index (χ0) is 25.4. The molecule has 188 valence electrons. The van der Waals surface area contributed by atoms with Gasteiger partial charge in [-0.3, -0.25) is 0 Å². The molecule has 2 heterocycles. The van der Waals surface area contributed by atoms with Crippen LogP contribution in [0.15, 0.2) is 42.5 Å².